The summed E-state index contributed by atoms with van der Waals surface area (Å²) in [5, 5.41) is 0. The Balaban J connectivity index is 1.37. The van der Waals surface area contributed by atoms with E-state index in [4.69, 9.17) is 28.4 Å². The van der Waals surface area contributed by atoms with Crippen molar-refractivity contribution in [3.05, 3.63) is 71.8 Å². The maximum atomic E-state index is 11.3. The molecule has 3 heterocycles. The van der Waals surface area contributed by atoms with E-state index in [1.165, 1.54) is 6.92 Å². The minimum absolute atomic E-state index is 0.0742. The molecule has 5 rings (SSSR count). The Morgan fingerprint density at radius 1 is 0.759 bits per heavy atom. The molecule has 3 aliphatic rings. The van der Waals surface area contributed by atoms with E-state index in [2.05, 4.69) is 0 Å². The SMILES string of the molecule is CC(=O)OC[C@H]1OC(c2ccccc2)O[C@@H]2[C@H]3OC(c4ccccc4)O[C@H]3O[C@@H]21. The highest BCUT2D eigenvalue weighted by Crippen LogP contribution is 2.45. The first-order chi connectivity index (χ1) is 14.2. The summed E-state index contributed by atoms with van der Waals surface area (Å²) in [6.07, 6.45) is -3.46. The van der Waals surface area contributed by atoms with Gasteiger partial charge in [-0.05, 0) is 0 Å². The van der Waals surface area contributed by atoms with Crippen molar-refractivity contribution in [2.45, 2.75) is 50.2 Å². The molecule has 7 atom stereocenters. The van der Waals surface area contributed by atoms with Crippen LogP contribution in [0.1, 0.15) is 30.6 Å². The number of benzene rings is 2. The van der Waals surface area contributed by atoms with Crippen molar-refractivity contribution >= 4 is 5.97 Å². The van der Waals surface area contributed by atoms with E-state index in [0.29, 0.717) is 0 Å². The molecular weight excluding hydrogens is 376 g/mol. The fourth-order valence-corrected chi connectivity index (χ4v) is 3.93. The number of hydrogen-bond acceptors (Lipinski definition) is 7. The van der Waals surface area contributed by atoms with Gasteiger partial charge in [-0.25, -0.2) is 0 Å². The molecule has 2 aromatic carbocycles. The highest BCUT2D eigenvalue weighted by atomic mass is 16.8. The fraction of sp³-hybridized carbons (Fsp3) is 0.409. The molecule has 3 aliphatic heterocycles. The second kappa shape index (κ2) is 7.85. The lowest BCUT2D eigenvalue weighted by molar-refractivity contribution is -0.306. The molecule has 0 bridgehead atoms. The van der Waals surface area contributed by atoms with Crippen molar-refractivity contribution in [2.24, 2.45) is 0 Å². The first kappa shape index (κ1) is 18.7. The van der Waals surface area contributed by atoms with Gasteiger partial charge in [-0.1, -0.05) is 60.7 Å². The third-order valence-electron chi connectivity index (χ3n) is 5.29. The molecular formula is C22H22O7. The minimum atomic E-state index is -0.611. The summed E-state index contributed by atoms with van der Waals surface area (Å²) in [6.45, 7) is 1.44. The molecule has 0 amide bonds. The van der Waals surface area contributed by atoms with E-state index in [1.54, 1.807) is 0 Å². The fourth-order valence-electron chi connectivity index (χ4n) is 3.93. The van der Waals surface area contributed by atoms with Crippen molar-refractivity contribution < 1.29 is 33.2 Å². The van der Waals surface area contributed by atoms with Crippen LogP contribution >= 0.6 is 0 Å². The average molecular weight is 398 g/mol. The van der Waals surface area contributed by atoms with Gasteiger partial charge in [0.1, 0.15) is 31.0 Å². The predicted octanol–water partition coefficient (Wildman–Crippen LogP) is 2.87. The number of carbonyl (C=O) groups is 1. The van der Waals surface area contributed by atoms with Gasteiger partial charge in [0, 0.05) is 18.1 Å². The zero-order valence-corrected chi connectivity index (χ0v) is 15.9. The van der Waals surface area contributed by atoms with Crippen LogP contribution in [0.2, 0.25) is 0 Å². The highest BCUT2D eigenvalue weighted by Gasteiger charge is 2.58. The lowest BCUT2D eigenvalue weighted by Crippen LogP contribution is -2.50. The van der Waals surface area contributed by atoms with Crippen LogP contribution in [-0.2, 0) is 33.2 Å². The van der Waals surface area contributed by atoms with Crippen LogP contribution < -0.4 is 0 Å². The van der Waals surface area contributed by atoms with Crippen molar-refractivity contribution in [3.8, 4) is 0 Å². The standard InChI is InChI=1S/C22H22O7/c1-13(23)24-12-16-17-18(27-20(25-16)14-8-4-2-5-9-14)19-22(26-17)29-21(28-19)15-10-6-3-7-11-15/h2-11,16-22H,12H2,1H3/t16-,17-,18+,19-,20?,21?,22-/m1/s1. The van der Waals surface area contributed by atoms with Gasteiger partial charge < -0.3 is 28.4 Å². The van der Waals surface area contributed by atoms with E-state index in [1.807, 2.05) is 60.7 Å². The van der Waals surface area contributed by atoms with Gasteiger partial charge in [-0.2, -0.15) is 0 Å². The van der Waals surface area contributed by atoms with E-state index in [0.717, 1.165) is 11.1 Å². The molecule has 0 saturated carbocycles. The van der Waals surface area contributed by atoms with Gasteiger partial charge in [-0.15, -0.1) is 0 Å². The summed E-state index contributed by atoms with van der Waals surface area (Å²) in [6, 6.07) is 19.3. The molecule has 3 saturated heterocycles. The van der Waals surface area contributed by atoms with Crippen LogP contribution in [0, 0.1) is 0 Å². The topological polar surface area (TPSA) is 72.5 Å². The molecule has 2 aromatic rings. The third-order valence-corrected chi connectivity index (χ3v) is 5.29. The first-order valence-electron chi connectivity index (χ1n) is 9.69. The maximum Gasteiger partial charge on any atom is 0.302 e. The number of ether oxygens (including phenoxy) is 6. The second-order valence-electron chi connectivity index (χ2n) is 7.27. The van der Waals surface area contributed by atoms with Crippen LogP contribution in [0.25, 0.3) is 0 Å². The van der Waals surface area contributed by atoms with Gasteiger partial charge in [0.05, 0.1) is 0 Å². The zero-order chi connectivity index (χ0) is 19.8. The van der Waals surface area contributed by atoms with E-state index in [-0.39, 0.29) is 12.6 Å². The van der Waals surface area contributed by atoms with Crippen LogP contribution in [0.15, 0.2) is 60.7 Å². The minimum Gasteiger partial charge on any atom is -0.463 e. The Morgan fingerprint density at radius 3 is 1.97 bits per heavy atom. The summed E-state index contributed by atoms with van der Waals surface area (Å²) < 4.78 is 35.8. The molecule has 0 spiro atoms. The molecule has 0 radical (unpaired) electrons. The molecule has 7 heteroatoms. The number of carbonyl (C=O) groups excluding carboxylic acids is 1. The van der Waals surface area contributed by atoms with Gasteiger partial charge >= 0.3 is 5.97 Å². The normalized spacial score (nSPS) is 35.7. The number of rotatable bonds is 4. The van der Waals surface area contributed by atoms with Crippen molar-refractivity contribution in [1.82, 2.24) is 0 Å². The molecule has 2 unspecified atom stereocenters. The highest BCUT2D eigenvalue weighted by molar-refractivity contribution is 5.65. The van der Waals surface area contributed by atoms with Gasteiger partial charge in [0.15, 0.2) is 18.9 Å². The van der Waals surface area contributed by atoms with Gasteiger partial charge in [0.2, 0.25) is 0 Å². The molecule has 0 N–H and O–H groups in total. The predicted molar refractivity (Wildman–Crippen MR) is 99.4 cm³/mol. The Hall–Kier alpha value is -2.29. The molecule has 0 aromatic heterocycles. The van der Waals surface area contributed by atoms with Crippen molar-refractivity contribution in [2.75, 3.05) is 6.61 Å². The summed E-state index contributed by atoms with van der Waals surface area (Å²) in [5.41, 5.74) is 1.80. The van der Waals surface area contributed by atoms with Crippen molar-refractivity contribution in [1.29, 1.82) is 0 Å². The number of hydrogen-bond donors (Lipinski definition) is 0. The van der Waals surface area contributed by atoms with Gasteiger partial charge in [0.25, 0.3) is 0 Å². The average Bonchev–Trinajstić information content (AvgIpc) is 3.32. The summed E-state index contributed by atoms with van der Waals surface area (Å²) in [4.78, 5) is 11.3. The number of esters is 1. The smallest absolute Gasteiger partial charge is 0.302 e. The molecule has 7 nitrogen and oxygen atoms in total. The van der Waals surface area contributed by atoms with E-state index in [9.17, 15) is 4.79 Å². The summed E-state index contributed by atoms with van der Waals surface area (Å²) in [5.74, 6) is -0.372. The third kappa shape index (κ3) is 3.68. The molecule has 3 fully saturated rings. The first-order valence-corrected chi connectivity index (χ1v) is 9.69. The lowest BCUT2D eigenvalue weighted by Gasteiger charge is -2.38. The van der Waals surface area contributed by atoms with Crippen LogP contribution in [0.4, 0.5) is 0 Å². The van der Waals surface area contributed by atoms with Crippen molar-refractivity contribution in [3.63, 3.8) is 0 Å². The van der Waals surface area contributed by atoms with Gasteiger partial charge in [-0.3, -0.25) is 4.79 Å². The lowest BCUT2D eigenvalue weighted by atomic mass is 10.0. The Labute approximate surface area is 168 Å². The molecule has 29 heavy (non-hydrogen) atoms. The Bertz CT molecular complexity index is 843. The summed E-state index contributed by atoms with van der Waals surface area (Å²) in [7, 11) is 0. The maximum absolute atomic E-state index is 11.3. The van der Waals surface area contributed by atoms with Crippen LogP contribution in [0.3, 0.4) is 0 Å². The van der Waals surface area contributed by atoms with E-state index >= 15 is 0 Å². The monoisotopic (exact) mass is 398 g/mol. The van der Waals surface area contributed by atoms with E-state index < -0.39 is 43.3 Å². The summed E-state index contributed by atoms with van der Waals surface area (Å²) >= 11 is 0. The second-order valence-corrected chi connectivity index (χ2v) is 7.27. The van der Waals surface area contributed by atoms with Crippen LogP contribution in [-0.4, -0.2) is 43.3 Å². The van der Waals surface area contributed by atoms with Crippen LogP contribution in [0.5, 0.6) is 0 Å². The number of fused-ring (bicyclic) bond motifs is 3. The molecule has 0 aliphatic carbocycles. The molecule has 152 valence electrons. The zero-order valence-electron chi connectivity index (χ0n) is 15.9. The Kier molecular flexibility index (Phi) is 5.07. The largest absolute Gasteiger partial charge is 0.463 e. The Morgan fingerprint density at radius 2 is 1.34 bits per heavy atom. The quantitative estimate of drug-likeness (QED) is 0.734.